The van der Waals surface area contributed by atoms with Crippen molar-refractivity contribution in [2.45, 2.75) is 43.9 Å². The van der Waals surface area contributed by atoms with E-state index in [0.29, 0.717) is 0 Å². The van der Waals surface area contributed by atoms with Gasteiger partial charge in [0, 0.05) is 80.2 Å². The summed E-state index contributed by atoms with van der Waals surface area (Å²) < 4.78 is 11.9. The summed E-state index contributed by atoms with van der Waals surface area (Å²) in [6, 6.07) is 117. The molecule has 4 heterocycles. The first kappa shape index (κ1) is 57.7. The largest absolute Gasteiger partial charge is 0.309 e. The van der Waals surface area contributed by atoms with Crippen LogP contribution in [0.15, 0.2) is 324 Å². The van der Waals surface area contributed by atoms with Gasteiger partial charge in [0.05, 0.1) is 44.1 Å². The van der Waals surface area contributed by atoms with Crippen LogP contribution in [0, 0.1) is 0 Å². The van der Waals surface area contributed by atoms with Gasteiger partial charge >= 0.3 is 0 Å². The topological polar surface area (TPSA) is 19.7 Å². The van der Waals surface area contributed by atoms with Crippen molar-refractivity contribution in [2.75, 3.05) is 0 Å². The molecular formula is C91H64Br2N4. The van der Waals surface area contributed by atoms with Gasteiger partial charge in [-0.1, -0.05) is 214 Å². The molecule has 1 aliphatic carbocycles. The molecule has 18 aromatic rings. The van der Waals surface area contributed by atoms with Gasteiger partial charge in [-0.3, -0.25) is 0 Å². The molecular weight excluding hydrogens is 1310 g/mol. The number of benzene rings is 14. The van der Waals surface area contributed by atoms with E-state index in [2.05, 4.69) is 366 Å². The summed E-state index contributed by atoms with van der Waals surface area (Å²) in [5.74, 6) is 0. The van der Waals surface area contributed by atoms with E-state index >= 15 is 0 Å². The lowest BCUT2D eigenvalue weighted by Crippen LogP contribution is -2.26. The molecule has 19 rings (SSSR count). The van der Waals surface area contributed by atoms with Gasteiger partial charge in [-0.05, 0) is 228 Å². The molecule has 0 N–H and O–H groups in total. The highest BCUT2D eigenvalue weighted by atomic mass is 79.9. The molecule has 462 valence electrons. The molecule has 97 heavy (non-hydrogen) atoms. The van der Waals surface area contributed by atoms with Crippen LogP contribution in [0.2, 0.25) is 0 Å². The number of aryl methyl sites for hydroxylation is 2. The summed E-state index contributed by atoms with van der Waals surface area (Å²) >= 11 is 7.93. The molecule has 0 atom stereocenters. The third kappa shape index (κ3) is 9.51. The van der Waals surface area contributed by atoms with Crippen molar-refractivity contribution in [3.05, 3.63) is 347 Å². The minimum Gasteiger partial charge on any atom is -0.309 e. The Balaban J connectivity index is 0.584. The first-order valence-corrected chi connectivity index (χ1v) is 35.5. The van der Waals surface area contributed by atoms with Crippen molar-refractivity contribution < 1.29 is 0 Å². The first-order valence-electron chi connectivity index (χ1n) is 33.9. The molecule has 4 aromatic heterocycles. The summed E-state index contributed by atoms with van der Waals surface area (Å²) in [6.45, 7) is 0. The summed E-state index contributed by atoms with van der Waals surface area (Å²) in [4.78, 5) is 0. The van der Waals surface area contributed by atoms with Crippen LogP contribution in [0.4, 0.5) is 0 Å². The predicted octanol–water partition coefficient (Wildman–Crippen LogP) is 25.2. The number of fused-ring (bicyclic) bond motifs is 15. The molecule has 0 spiro atoms. The zero-order valence-electron chi connectivity index (χ0n) is 53.3. The fourth-order valence-corrected chi connectivity index (χ4v) is 17.5. The average Bonchev–Trinajstić information content (AvgIpc) is 1.62. The van der Waals surface area contributed by atoms with Crippen molar-refractivity contribution in [1.82, 2.24) is 18.3 Å². The van der Waals surface area contributed by atoms with E-state index in [4.69, 9.17) is 0 Å². The molecule has 6 heteroatoms. The maximum absolute atomic E-state index is 3.96. The molecule has 14 aromatic carbocycles. The molecule has 0 saturated heterocycles. The number of hydrogen-bond donors (Lipinski definition) is 0. The van der Waals surface area contributed by atoms with Gasteiger partial charge < -0.3 is 18.3 Å². The standard InChI is InChI=1S/C91H64Br2N4/c92-65-39-49-71-72-50-40-66(93)58-82(72)91(81(71)57-65,53-13-15-59-29-51-89-79(55-59)77-21-5-11-27-87(77)96(89)69-45-35-63(36-46-69)61-31-41-67(42-32-61)94-83-23-7-1-17-73(83)74-18-2-8-24-84(74)94)54-14-16-60-30-52-90-80(56-60)78-22-6-12-28-88(78)97(90)70-47-37-64(38-48-70)62-33-43-68(44-34-62)95-85-25-9-3-19-75(85)76-20-4-10-26-86(76)95/h1-12,17-52,55-58H,13-16,53-54H2. The van der Waals surface area contributed by atoms with E-state index < -0.39 is 0 Å². The van der Waals surface area contributed by atoms with Gasteiger partial charge in [-0.15, -0.1) is 0 Å². The van der Waals surface area contributed by atoms with Crippen LogP contribution in [-0.2, 0) is 18.3 Å². The second kappa shape index (κ2) is 23.3. The fraction of sp³-hybridized carbons (Fsp3) is 0.0769. The summed E-state index contributed by atoms with van der Waals surface area (Å²) in [5.41, 5.74) is 27.4. The Morgan fingerprint density at radius 3 is 0.784 bits per heavy atom. The molecule has 0 saturated carbocycles. The van der Waals surface area contributed by atoms with Crippen molar-refractivity contribution in [1.29, 1.82) is 0 Å². The van der Waals surface area contributed by atoms with Crippen molar-refractivity contribution in [3.63, 3.8) is 0 Å². The third-order valence-corrected chi connectivity index (χ3v) is 22.2. The Labute approximate surface area is 579 Å². The number of halogens is 2. The summed E-state index contributed by atoms with van der Waals surface area (Å²) in [6.07, 6.45) is 6.13. The van der Waals surface area contributed by atoms with Gasteiger partial charge in [0.2, 0.25) is 0 Å². The minimum absolute atomic E-state index is 0.167. The second-order valence-corrected chi connectivity index (χ2v) is 28.3. The van der Waals surface area contributed by atoms with E-state index in [-0.39, 0.29) is 5.41 Å². The molecule has 0 radical (unpaired) electrons. The Morgan fingerprint density at radius 2 is 0.495 bits per heavy atom. The van der Waals surface area contributed by atoms with Gasteiger partial charge in [0.15, 0.2) is 0 Å². The zero-order valence-corrected chi connectivity index (χ0v) is 56.5. The number of rotatable bonds is 14. The van der Waals surface area contributed by atoms with Crippen molar-refractivity contribution in [2.24, 2.45) is 0 Å². The zero-order chi connectivity index (χ0) is 64.3. The highest BCUT2D eigenvalue weighted by Crippen LogP contribution is 2.55. The Hall–Kier alpha value is -10.8. The monoisotopic (exact) mass is 1370 g/mol. The van der Waals surface area contributed by atoms with Gasteiger partial charge in [0.25, 0.3) is 0 Å². The predicted molar refractivity (Wildman–Crippen MR) is 415 cm³/mol. The van der Waals surface area contributed by atoms with E-state index in [9.17, 15) is 0 Å². The van der Waals surface area contributed by atoms with E-state index in [0.717, 1.165) is 70.2 Å². The normalized spacial score (nSPS) is 12.8. The van der Waals surface area contributed by atoms with E-state index in [1.807, 2.05) is 0 Å². The maximum atomic E-state index is 3.96. The Bertz CT molecular complexity index is 5660. The molecule has 0 bridgehead atoms. The molecule has 0 unspecified atom stereocenters. The van der Waals surface area contributed by atoms with Crippen LogP contribution >= 0.6 is 31.9 Å². The first-order chi connectivity index (χ1) is 47.9. The highest BCUT2D eigenvalue weighted by Gasteiger charge is 2.42. The SMILES string of the molecule is Brc1ccc2c(c1)C(CCCc1ccc3c(c1)c1ccccc1n3-c1ccc(-c3ccc(-n4c5ccccc5c5ccccc54)cc3)cc1)(CCCc1ccc3c(c1)c1ccccc1n3-c1ccc(-c3ccc(-n4c5ccccc5c5ccccc54)cc3)cc1)c1cc(Br)ccc1-2. The van der Waals surface area contributed by atoms with Gasteiger partial charge in [-0.25, -0.2) is 0 Å². The maximum Gasteiger partial charge on any atom is 0.0541 e. The van der Waals surface area contributed by atoms with Gasteiger partial charge in [0.1, 0.15) is 0 Å². The lowest BCUT2D eigenvalue weighted by molar-refractivity contribution is 0.419. The number of para-hydroxylation sites is 6. The van der Waals surface area contributed by atoms with E-state index in [1.54, 1.807) is 0 Å². The highest BCUT2D eigenvalue weighted by molar-refractivity contribution is 9.10. The summed E-state index contributed by atoms with van der Waals surface area (Å²) in [7, 11) is 0. The molecule has 0 amide bonds. The fourth-order valence-electron chi connectivity index (χ4n) is 16.8. The molecule has 0 aliphatic heterocycles. The van der Waals surface area contributed by atoms with Crippen LogP contribution in [0.5, 0.6) is 0 Å². The minimum atomic E-state index is -0.167. The third-order valence-electron chi connectivity index (χ3n) is 21.2. The van der Waals surface area contributed by atoms with Crippen LogP contribution in [0.1, 0.15) is 47.9 Å². The number of nitrogens with zero attached hydrogens (tertiary/aromatic N) is 4. The lowest BCUT2D eigenvalue weighted by atomic mass is 9.70. The van der Waals surface area contributed by atoms with Crippen LogP contribution in [0.25, 0.3) is 143 Å². The van der Waals surface area contributed by atoms with E-state index in [1.165, 1.54) is 143 Å². The van der Waals surface area contributed by atoms with Crippen LogP contribution < -0.4 is 0 Å². The quantitative estimate of drug-likeness (QED) is 0.103. The lowest BCUT2D eigenvalue weighted by Gasteiger charge is -2.33. The number of aromatic nitrogens is 4. The Morgan fingerprint density at radius 1 is 0.237 bits per heavy atom. The van der Waals surface area contributed by atoms with Crippen molar-refractivity contribution >= 4 is 119 Å². The second-order valence-electron chi connectivity index (χ2n) is 26.5. The van der Waals surface area contributed by atoms with Crippen molar-refractivity contribution in [3.8, 4) is 56.1 Å². The molecule has 1 aliphatic rings. The smallest absolute Gasteiger partial charge is 0.0541 e. The average molecular weight is 1370 g/mol. The number of hydrogen-bond acceptors (Lipinski definition) is 0. The molecule has 0 fully saturated rings. The van der Waals surface area contributed by atoms with Crippen LogP contribution in [-0.4, -0.2) is 18.3 Å². The molecule has 4 nitrogen and oxygen atoms in total. The van der Waals surface area contributed by atoms with Gasteiger partial charge in [-0.2, -0.15) is 0 Å². The summed E-state index contributed by atoms with van der Waals surface area (Å²) in [5, 5.41) is 10.2. The Kier molecular flexibility index (Phi) is 13.8. The van der Waals surface area contributed by atoms with Crippen LogP contribution in [0.3, 0.4) is 0 Å².